The molecule has 0 spiro atoms. The third-order valence-corrected chi connectivity index (χ3v) is 2.22. The molecule has 0 aromatic heterocycles. The Labute approximate surface area is 92.4 Å². The molecule has 0 amide bonds. The Hall–Kier alpha value is -1.93. The molecule has 84 valence electrons. The first-order valence-electron chi connectivity index (χ1n) is 4.61. The molecule has 1 aromatic rings. The van der Waals surface area contributed by atoms with Crippen LogP contribution >= 0.6 is 0 Å². The van der Waals surface area contributed by atoms with E-state index in [1.807, 2.05) is 6.07 Å². The van der Waals surface area contributed by atoms with Crippen LogP contribution in [0.3, 0.4) is 0 Å². The number of hydrogen-bond acceptors (Lipinski definition) is 4. The zero-order chi connectivity index (χ0) is 12.1. The summed E-state index contributed by atoms with van der Waals surface area (Å²) in [7, 11) is 1.21. The maximum Gasteiger partial charge on any atom is 0.310 e. The lowest BCUT2D eigenvalue weighted by Gasteiger charge is -2.08. The summed E-state index contributed by atoms with van der Waals surface area (Å²) in [6, 6.07) is 4.49. The van der Waals surface area contributed by atoms with E-state index in [0.29, 0.717) is 5.56 Å². The van der Waals surface area contributed by atoms with Crippen molar-refractivity contribution < 1.29 is 13.9 Å². The van der Waals surface area contributed by atoms with Gasteiger partial charge >= 0.3 is 5.97 Å². The van der Waals surface area contributed by atoms with Gasteiger partial charge in [-0.05, 0) is 11.6 Å². The summed E-state index contributed by atoms with van der Waals surface area (Å²) >= 11 is 0. The number of benzene rings is 1. The normalized spacial score (nSPS) is 9.62. The lowest BCUT2D eigenvalue weighted by atomic mass is 9.99. The minimum Gasteiger partial charge on any atom is -0.469 e. The SMILES string of the molecule is COC(=O)Cc1c(F)ccc(CN)c1C#N. The first kappa shape index (κ1) is 12.1. The molecule has 2 N–H and O–H groups in total. The Bertz CT molecular complexity index is 452. The average Bonchev–Trinajstić information content (AvgIpc) is 2.31. The highest BCUT2D eigenvalue weighted by molar-refractivity contribution is 5.73. The first-order valence-corrected chi connectivity index (χ1v) is 4.61. The van der Waals surface area contributed by atoms with Gasteiger partial charge in [-0.1, -0.05) is 6.07 Å². The van der Waals surface area contributed by atoms with Crippen molar-refractivity contribution in [3.63, 3.8) is 0 Å². The maximum atomic E-state index is 13.5. The molecule has 0 fully saturated rings. The predicted octanol–water partition coefficient (Wildman–Crippen LogP) is 0.872. The van der Waals surface area contributed by atoms with Gasteiger partial charge in [0.1, 0.15) is 5.82 Å². The number of ether oxygens (including phenoxy) is 1. The smallest absolute Gasteiger partial charge is 0.310 e. The second kappa shape index (κ2) is 5.24. The monoisotopic (exact) mass is 222 g/mol. The lowest BCUT2D eigenvalue weighted by molar-refractivity contribution is -0.139. The Morgan fingerprint density at radius 1 is 1.62 bits per heavy atom. The van der Waals surface area contributed by atoms with Crippen molar-refractivity contribution in [2.24, 2.45) is 5.73 Å². The second-order valence-electron chi connectivity index (χ2n) is 3.13. The van der Waals surface area contributed by atoms with Crippen molar-refractivity contribution in [3.8, 4) is 6.07 Å². The summed E-state index contributed by atoms with van der Waals surface area (Å²) in [5.74, 6) is -1.19. The van der Waals surface area contributed by atoms with Crippen LogP contribution in [0.2, 0.25) is 0 Å². The van der Waals surface area contributed by atoms with Gasteiger partial charge in [0.2, 0.25) is 0 Å². The summed E-state index contributed by atoms with van der Waals surface area (Å²) < 4.78 is 17.9. The number of esters is 1. The predicted molar refractivity (Wildman–Crippen MR) is 54.7 cm³/mol. The van der Waals surface area contributed by atoms with Gasteiger partial charge < -0.3 is 10.5 Å². The van der Waals surface area contributed by atoms with Gasteiger partial charge in [-0.25, -0.2) is 4.39 Å². The molecule has 0 saturated heterocycles. The fourth-order valence-corrected chi connectivity index (χ4v) is 1.37. The van der Waals surface area contributed by atoms with Gasteiger partial charge in [-0.2, -0.15) is 5.26 Å². The number of carbonyl (C=O) groups excluding carboxylic acids is 1. The molecule has 1 aromatic carbocycles. The highest BCUT2D eigenvalue weighted by Gasteiger charge is 2.16. The largest absolute Gasteiger partial charge is 0.469 e. The van der Waals surface area contributed by atoms with Crippen LogP contribution in [0.5, 0.6) is 0 Å². The Morgan fingerprint density at radius 3 is 2.81 bits per heavy atom. The van der Waals surface area contributed by atoms with E-state index in [-0.39, 0.29) is 24.1 Å². The van der Waals surface area contributed by atoms with Gasteiger partial charge in [0.05, 0.1) is 25.2 Å². The Kier molecular flexibility index (Phi) is 3.97. The standard InChI is InChI=1S/C11H11FN2O2/c1-16-11(15)4-8-9(6-14)7(5-13)2-3-10(8)12/h2-3H,4-5,13H2,1H3. The highest BCUT2D eigenvalue weighted by Crippen LogP contribution is 2.18. The topological polar surface area (TPSA) is 76.1 Å². The zero-order valence-corrected chi connectivity index (χ0v) is 8.79. The summed E-state index contributed by atoms with van der Waals surface area (Å²) in [4.78, 5) is 11.1. The van der Waals surface area contributed by atoms with E-state index in [1.54, 1.807) is 0 Å². The van der Waals surface area contributed by atoms with Crippen molar-refractivity contribution >= 4 is 5.97 Å². The van der Waals surface area contributed by atoms with E-state index in [4.69, 9.17) is 11.0 Å². The molecule has 0 aliphatic rings. The third kappa shape index (κ3) is 2.35. The molecule has 0 unspecified atom stereocenters. The molecule has 0 radical (unpaired) electrons. The quantitative estimate of drug-likeness (QED) is 0.770. The molecular formula is C11H11FN2O2. The van der Waals surface area contributed by atoms with E-state index >= 15 is 0 Å². The van der Waals surface area contributed by atoms with Crippen LogP contribution in [0.4, 0.5) is 4.39 Å². The molecule has 16 heavy (non-hydrogen) atoms. The molecule has 0 bridgehead atoms. The van der Waals surface area contributed by atoms with Crippen LogP contribution in [0, 0.1) is 17.1 Å². The highest BCUT2D eigenvalue weighted by atomic mass is 19.1. The van der Waals surface area contributed by atoms with Gasteiger partial charge in [0, 0.05) is 12.1 Å². The van der Waals surface area contributed by atoms with E-state index < -0.39 is 11.8 Å². The fourth-order valence-electron chi connectivity index (χ4n) is 1.37. The summed E-state index contributed by atoms with van der Waals surface area (Å²) in [5, 5.41) is 8.92. The summed E-state index contributed by atoms with van der Waals surface area (Å²) in [6.07, 6.45) is -0.265. The van der Waals surface area contributed by atoms with Crippen LogP contribution in [0.25, 0.3) is 0 Å². The molecule has 0 heterocycles. The minimum absolute atomic E-state index is 0.0392. The molecular weight excluding hydrogens is 211 g/mol. The number of carbonyl (C=O) groups is 1. The molecule has 0 saturated carbocycles. The Balaban J connectivity index is 3.25. The van der Waals surface area contributed by atoms with Crippen LogP contribution in [-0.2, 0) is 22.5 Å². The number of hydrogen-bond donors (Lipinski definition) is 1. The van der Waals surface area contributed by atoms with Crippen LogP contribution in [0.15, 0.2) is 12.1 Å². The average molecular weight is 222 g/mol. The van der Waals surface area contributed by atoms with Crippen molar-refractivity contribution in [1.29, 1.82) is 5.26 Å². The van der Waals surface area contributed by atoms with E-state index in [1.165, 1.54) is 19.2 Å². The maximum absolute atomic E-state index is 13.5. The third-order valence-electron chi connectivity index (χ3n) is 2.22. The van der Waals surface area contributed by atoms with Crippen LogP contribution < -0.4 is 5.73 Å². The van der Waals surface area contributed by atoms with Gasteiger partial charge in [-0.3, -0.25) is 4.79 Å². The van der Waals surface area contributed by atoms with Gasteiger partial charge in [0.25, 0.3) is 0 Å². The van der Waals surface area contributed by atoms with E-state index in [2.05, 4.69) is 4.74 Å². The molecule has 0 atom stereocenters. The minimum atomic E-state index is -0.598. The summed E-state index contributed by atoms with van der Waals surface area (Å²) in [5.41, 5.74) is 6.09. The first-order chi connectivity index (χ1) is 7.63. The molecule has 1 rings (SSSR count). The Morgan fingerprint density at radius 2 is 2.31 bits per heavy atom. The van der Waals surface area contributed by atoms with Crippen molar-refractivity contribution in [2.75, 3.05) is 7.11 Å². The fraction of sp³-hybridized carbons (Fsp3) is 0.273. The van der Waals surface area contributed by atoms with Gasteiger partial charge in [0.15, 0.2) is 0 Å². The number of nitriles is 1. The number of methoxy groups -OCH3 is 1. The number of nitrogens with two attached hydrogens (primary N) is 1. The van der Waals surface area contributed by atoms with E-state index in [0.717, 1.165) is 0 Å². The molecule has 0 aliphatic carbocycles. The van der Waals surface area contributed by atoms with Crippen LogP contribution in [-0.4, -0.2) is 13.1 Å². The van der Waals surface area contributed by atoms with Crippen molar-refractivity contribution in [2.45, 2.75) is 13.0 Å². The molecule has 5 heteroatoms. The number of halogens is 1. The van der Waals surface area contributed by atoms with Crippen LogP contribution in [0.1, 0.15) is 16.7 Å². The second-order valence-corrected chi connectivity index (χ2v) is 3.13. The van der Waals surface area contributed by atoms with E-state index in [9.17, 15) is 9.18 Å². The van der Waals surface area contributed by atoms with Crippen molar-refractivity contribution in [3.05, 3.63) is 34.6 Å². The number of nitrogens with zero attached hydrogens (tertiary/aromatic N) is 1. The molecule has 0 aliphatic heterocycles. The number of rotatable bonds is 3. The van der Waals surface area contributed by atoms with Crippen molar-refractivity contribution in [1.82, 2.24) is 0 Å². The zero-order valence-electron chi connectivity index (χ0n) is 8.79. The summed E-state index contributed by atoms with van der Waals surface area (Å²) in [6.45, 7) is 0.122. The lowest BCUT2D eigenvalue weighted by Crippen LogP contribution is -2.11. The molecule has 4 nitrogen and oxygen atoms in total. The van der Waals surface area contributed by atoms with Gasteiger partial charge in [-0.15, -0.1) is 0 Å².